The van der Waals surface area contributed by atoms with E-state index in [0.717, 1.165) is 50.3 Å². The molecule has 1 fully saturated rings. The smallest absolute Gasteiger partial charge is 0.340 e. The van der Waals surface area contributed by atoms with Crippen LogP contribution in [0.5, 0.6) is 28.7 Å². The number of amides is 2. The third-order valence-corrected chi connectivity index (χ3v) is 6.97. The Kier molecular flexibility index (Phi) is 10.1. The van der Waals surface area contributed by atoms with E-state index in [1.807, 2.05) is 0 Å². The standard InChI is InChI=1S/C32H34FN5O6/c1-40-24-6-3-5-22(17-24)21-36-38(32(34)39)23-7-8-29(26(33)18-23)44-28-9-10-35-27-20-31(30(41-2)19-25(27)28)43-14-4-11-37-12-15-42-16-13-37/h3,5-10,17-21H,4,11-16H2,1-2H3,(H2,34,39). The number of nitrogens with zero attached hydrogens (tertiary/aromatic N) is 4. The SMILES string of the molecule is COc1cccc(C=NN(C(N)=O)c2ccc(Oc3ccnc4cc(OCCCN5CCOCC5)c(OC)cc34)c(F)c2)c1. The summed E-state index contributed by atoms with van der Waals surface area (Å²) >= 11 is 0. The van der Waals surface area contributed by atoms with E-state index in [2.05, 4.69) is 15.0 Å². The van der Waals surface area contributed by atoms with E-state index in [4.69, 9.17) is 29.4 Å². The number of methoxy groups -OCH3 is 2. The summed E-state index contributed by atoms with van der Waals surface area (Å²) in [7, 11) is 3.10. The maximum Gasteiger partial charge on any atom is 0.340 e. The van der Waals surface area contributed by atoms with Crippen LogP contribution < -0.4 is 29.7 Å². The molecule has 0 aliphatic carbocycles. The number of urea groups is 1. The van der Waals surface area contributed by atoms with Gasteiger partial charge in [0.15, 0.2) is 23.1 Å². The lowest BCUT2D eigenvalue weighted by molar-refractivity contribution is 0.0357. The molecule has 1 aliphatic rings. The fourth-order valence-corrected chi connectivity index (χ4v) is 4.70. The molecule has 0 unspecified atom stereocenters. The number of halogens is 1. The van der Waals surface area contributed by atoms with E-state index >= 15 is 4.39 Å². The van der Waals surface area contributed by atoms with Gasteiger partial charge in [-0.3, -0.25) is 9.88 Å². The molecular weight excluding hydrogens is 569 g/mol. The summed E-state index contributed by atoms with van der Waals surface area (Å²) in [6.07, 6.45) is 3.85. The monoisotopic (exact) mass is 603 g/mol. The topological polar surface area (TPSA) is 121 Å². The number of anilines is 1. The van der Waals surface area contributed by atoms with Crippen LogP contribution in [0, 0.1) is 5.82 Å². The average molecular weight is 604 g/mol. The van der Waals surface area contributed by atoms with Gasteiger partial charge >= 0.3 is 6.03 Å². The first-order valence-electron chi connectivity index (χ1n) is 14.1. The number of hydrazone groups is 1. The fourth-order valence-electron chi connectivity index (χ4n) is 4.70. The van der Waals surface area contributed by atoms with Crippen LogP contribution >= 0.6 is 0 Å². The minimum atomic E-state index is -0.886. The summed E-state index contributed by atoms with van der Waals surface area (Å²) < 4.78 is 43.5. The normalized spacial score (nSPS) is 13.6. The zero-order valence-electron chi connectivity index (χ0n) is 24.6. The Morgan fingerprint density at radius 2 is 1.89 bits per heavy atom. The summed E-state index contributed by atoms with van der Waals surface area (Å²) in [5.74, 6) is 1.26. The molecule has 44 heavy (non-hydrogen) atoms. The number of benzene rings is 3. The molecular formula is C32H34FN5O6. The third kappa shape index (κ3) is 7.52. The number of ether oxygens (including phenoxy) is 5. The van der Waals surface area contributed by atoms with Crippen molar-refractivity contribution in [1.82, 2.24) is 9.88 Å². The van der Waals surface area contributed by atoms with Crippen LogP contribution in [0.4, 0.5) is 14.9 Å². The van der Waals surface area contributed by atoms with Gasteiger partial charge in [0.1, 0.15) is 11.5 Å². The van der Waals surface area contributed by atoms with Gasteiger partial charge in [-0.15, -0.1) is 0 Å². The largest absolute Gasteiger partial charge is 0.497 e. The van der Waals surface area contributed by atoms with Crippen molar-refractivity contribution in [3.8, 4) is 28.7 Å². The van der Waals surface area contributed by atoms with Crippen LogP contribution in [-0.2, 0) is 4.74 Å². The Bertz CT molecular complexity index is 1630. The predicted molar refractivity (Wildman–Crippen MR) is 165 cm³/mol. The highest BCUT2D eigenvalue weighted by Crippen LogP contribution is 2.38. The number of carbonyl (C=O) groups is 1. The lowest BCUT2D eigenvalue weighted by Crippen LogP contribution is -2.37. The molecule has 0 atom stereocenters. The molecule has 1 aliphatic heterocycles. The molecule has 2 heterocycles. The highest BCUT2D eigenvalue weighted by atomic mass is 19.1. The molecule has 230 valence electrons. The van der Waals surface area contributed by atoms with Crippen molar-refractivity contribution in [3.63, 3.8) is 0 Å². The first-order chi connectivity index (χ1) is 21.4. The van der Waals surface area contributed by atoms with Gasteiger partial charge in [0.05, 0.1) is 51.5 Å². The van der Waals surface area contributed by atoms with Gasteiger partial charge in [-0.1, -0.05) is 12.1 Å². The second-order valence-corrected chi connectivity index (χ2v) is 9.87. The lowest BCUT2D eigenvalue weighted by Gasteiger charge is -2.26. The Balaban J connectivity index is 1.31. The Morgan fingerprint density at radius 1 is 1.05 bits per heavy atom. The van der Waals surface area contributed by atoms with E-state index in [1.165, 1.54) is 18.3 Å². The fraction of sp³-hybridized carbons (Fsp3) is 0.281. The maximum absolute atomic E-state index is 15.3. The highest BCUT2D eigenvalue weighted by molar-refractivity contribution is 5.93. The molecule has 1 aromatic heterocycles. The Morgan fingerprint density at radius 3 is 2.64 bits per heavy atom. The molecule has 0 saturated carbocycles. The summed E-state index contributed by atoms with van der Waals surface area (Å²) in [6.45, 7) is 4.81. The maximum atomic E-state index is 15.3. The van der Waals surface area contributed by atoms with Crippen LogP contribution in [0.2, 0.25) is 0 Å². The van der Waals surface area contributed by atoms with E-state index < -0.39 is 11.8 Å². The van der Waals surface area contributed by atoms with Gasteiger partial charge < -0.3 is 29.4 Å². The van der Waals surface area contributed by atoms with Crippen LogP contribution in [0.3, 0.4) is 0 Å². The first-order valence-corrected chi connectivity index (χ1v) is 14.1. The van der Waals surface area contributed by atoms with Gasteiger partial charge in [0, 0.05) is 43.4 Å². The van der Waals surface area contributed by atoms with Crippen LogP contribution in [0.15, 0.2) is 72.0 Å². The molecule has 1 saturated heterocycles. The number of nitrogens with two attached hydrogens (primary N) is 1. The first kappa shape index (κ1) is 30.5. The number of aromatic nitrogens is 1. The van der Waals surface area contributed by atoms with Gasteiger partial charge in [0.2, 0.25) is 0 Å². The number of hydrogen-bond donors (Lipinski definition) is 1. The molecule has 5 rings (SSSR count). The van der Waals surface area contributed by atoms with Gasteiger partial charge in [-0.2, -0.15) is 10.1 Å². The van der Waals surface area contributed by atoms with Crippen molar-refractivity contribution in [1.29, 1.82) is 0 Å². The van der Waals surface area contributed by atoms with Crippen molar-refractivity contribution >= 4 is 28.8 Å². The zero-order chi connectivity index (χ0) is 30.9. The van der Waals surface area contributed by atoms with Crippen molar-refractivity contribution in [2.75, 3.05) is 58.7 Å². The number of morpholine rings is 1. The van der Waals surface area contributed by atoms with Crippen LogP contribution in [0.1, 0.15) is 12.0 Å². The summed E-state index contributed by atoms with van der Waals surface area (Å²) in [4.78, 5) is 18.9. The Hall–Kier alpha value is -4.94. The number of rotatable bonds is 12. The number of carbonyl (C=O) groups excluding carboxylic acids is 1. The van der Waals surface area contributed by atoms with Crippen molar-refractivity contribution < 1.29 is 32.9 Å². The van der Waals surface area contributed by atoms with Gasteiger partial charge in [-0.05, 0) is 48.4 Å². The van der Waals surface area contributed by atoms with E-state index in [-0.39, 0.29) is 11.4 Å². The van der Waals surface area contributed by atoms with E-state index in [0.29, 0.717) is 46.1 Å². The molecule has 2 amide bonds. The highest BCUT2D eigenvalue weighted by Gasteiger charge is 2.17. The lowest BCUT2D eigenvalue weighted by atomic mass is 10.1. The summed E-state index contributed by atoms with van der Waals surface area (Å²) in [5, 5.41) is 5.64. The molecule has 11 nitrogen and oxygen atoms in total. The summed E-state index contributed by atoms with van der Waals surface area (Å²) in [6, 6.07) is 15.3. The molecule has 3 aromatic carbocycles. The third-order valence-electron chi connectivity index (χ3n) is 6.97. The zero-order valence-corrected chi connectivity index (χ0v) is 24.6. The summed E-state index contributed by atoms with van der Waals surface area (Å²) in [5.41, 5.74) is 6.91. The Labute approximate surface area is 254 Å². The second-order valence-electron chi connectivity index (χ2n) is 9.87. The minimum absolute atomic E-state index is 0.0650. The second kappa shape index (κ2) is 14.5. The van der Waals surface area contributed by atoms with E-state index in [1.54, 1.807) is 62.9 Å². The average Bonchev–Trinajstić information content (AvgIpc) is 3.04. The number of fused-ring (bicyclic) bond motifs is 1. The molecule has 0 bridgehead atoms. The van der Waals surface area contributed by atoms with Gasteiger partial charge in [0.25, 0.3) is 0 Å². The minimum Gasteiger partial charge on any atom is -0.497 e. The van der Waals surface area contributed by atoms with E-state index in [9.17, 15) is 4.79 Å². The van der Waals surface area contributed by atoms with Gasteiger partial charge in [-0.25, -0.2) is 9.18 Å². The number of pyridine rings is 1. The molecule has 2 N–H and O–H groups in total. The molecule has 4 aromatic rings. The van der Waals surface area contributed by atoms with Crippen molar-refractivity contribution in [2.45, 2.75) is 6.42 Å². The van der Waals surface area contributed by atoms with Crippen LogP contribution in [-0.4, -0.2) is 75.8 Å². The van der Waals surface area contributed by atoms with Crippen molar-refractivity contribution in [3.05, 3.63) is 78.2 Å². The number of hydrogen-bond acceptors (Lipinski definition) is 9. The molecule has 0 radical (unpaired) electrons. The molecule has 12 heteroatoms. The number of primary amides is 1. The van der Waals surface area contributed by atoms with Crippen molar-refractivity contribution in [2.24, 2.45) is 10.8 Å². The molecule has 0 spiro atoms. The van der Waals surface area contributed by atoms with Crippen LogP contribution in [0.25, 0.3) is 10.9 Å². The predicted octanol–water partition coefficient (Wildman–Crippen LogP) is 5.20. The quantitative estimate of drug-likeness (QED) is 0.133.